The number of aryl methyl sites for hydroxylation is 1. The number of amides is 1. The van der Waals surface area contributed by atoms with Crippen molar-refractivity contribution in [2.45, 2.75) is 32.6 Å². The van der Waals surface area contributed by atoms with E-state index in [1.54, 1.807) is 0 Å². The van der Waals surface area contributed by atoms with E-state index < -0.39 is 0 Å². The first-order valence-electron chi connectivity index (χ1n) is 7.15. The molecule has 100 valence electrons. The van der Waals surface area contributed by atoms with E-state index in [4.69, 9.17) is 0 Å². The SMILES string of the molecule is CCCNC(=O)C1CCc2[nH]c3ccccc3c2C1. The summed E-state index contributed by atoms with van der Waals surface area (Å²) in [5.41, 5.74) is 3.86. The minimum atomic E-state index is 0.137. The predicted octanol–water partition coefficient (Wildman–Crippen LogP) is 2.80. The Morgan fingerprint density at radius 3 is 3.11 bits per heavy atom. The zero-order valence-corrected chi connectivity index (χ0v) is 11.3. The summed E-state index contributed by atoms with van der Waals surface area (Å²) < 4.78 is 0. The summed E-state index contributed by atoms with van der Waals surface area (Å²) in [5, 5.41) is 4.31. The third-order valence-electron chi connectivity index (χ3n) is 4.02. The van der Waals surface area contributed by atoms with Gasteiger partial charge in [0.1, 0.15) is 0 Å². The molecule has 1 atom stereocenters. The molecule has 1 aromatic carbocycles. The smallest absolute Gasteiger partial charge is 0.223 e. The van der Waals surface area contributed by atoms with Gasteiger partial charge in [-0.2, -0.15) is 0 Å². The fourth-order valence-electron chi connectivity index (χ4n) is 2.99. The van der Waals surface area contributed by atoms with Crippen LogP contribution in [-0.4, -0.2) is 17.4 Å². The summed E-state index contributed by atoms with van der Waals surface area (Å²) in [6.45, 7) is 2.87. The van der Waals surface area contributed by atoms with Crippen molar-refractivity contribution in [2.24, 2.45) is 5.92 Å². The molecule has 19 heavy (non-hydrogen) atoms. The van der Waals surface area contributed by atoms with E-state index in [1.807, 2.05) is 0 Å². The summed E-state index contributed by atoms with van der Waals surface area (Å²) in [7, 11) is 0. The van der Waals surface area contributed by atoms with Gasteiger partial charge in [0, 0.05) is 29.1 Å². The minimum absolute atomic E-state index is 0.137. The van der Waals surface area contributed by atoms with Crippen molar-refractivity contribution in [3.63, 3.8) is 0 Å². The van der Waals surface area contributed by atoms with E-state index in [9.17, 15) is 4.79 Å². The van der Waals surface area contributed by atoms with Gasteiger partial charge in [-0.15, -0.1) is 0 Å². The number of nitrogens with one attached hydrogen (secondary N) is 2. The summed E-state index contributed by atoms with van der Waals surface area (Å²) in [6.07, 6.45) is 3.80. The second-order valence-corrected chi connectivity index (χ2v) is 5.36. The van der Waals surface area contributed by atoms with Crippen molar-refractivity contribution < 1.29 is 4.79 Å². The van der Waals surface area contributed by atoms with Crippen LogP contribution in [0.25, 0.3) is 10.9 Å². The fraction of sp³-hybridized carbons (Fsp3) is 0.438. The van der Waals surface area contributed by atoms with Crippen molar-refractivity contribution in [1.82, 2.24) is 10.3 Å². The molecular formula is C16H20N2O. The zero-order chi connectivity index (χ0) is 13.2. The molecule has 0 saturated heterocycles. The van der Waals surface area contributed by atoms with Gasteiger partial charge in [-0.1, -0.05) is 25.1 Å². The lowest BCUT2D eigenvalue weighted by molar-refractivity contribution is -0.125. The molecule has 1 heterocycles. The molecule has 0 spiro atoms. The van der Waals surface area contributed by atoms with E-state index >= 15 is 0 Å². The van der Waals surface area contributed by atoms with Crippen LogP contribution in [0.2, 0.25) is 0 Å². The Morgan fingerprint density at radius 2 is 2.26 bits per heavy atom. The van der Waals surface area contributed by atoms with Crippen molar-refractivity contribution in [1.29, 1.82) is 0 Å². The van der Waals surface area contributed by atoms with Crippen LogP contribution < -0.4 is 5.32 Å². The van der Waals surface area contributed by atoms with Crippen molar-refractivity contribution in [3.05, 3.63) is 35.5 Å². The van der Waals surface area contributed by atoms with Gasteiger partial charge in [0.05, 0.1) is 0 Å². The van der Waals surface area contributed by atoms with Gasteiger partial charge in [0.25, 0.3) is 0 Å². The first kappa shape index (κ1) is 12.3. The van der Waals surface area contributed by atoms with Crippen LogP contribution in [0.3, 0.4) is 0 Å². The Labute approximate surface area is 113 Å². The number of rotatable bonds is 3. The first-order valence-corrected chi connectivity index (χ1v) is 7.15. The molecule has 2 aromatic rings. The molecule has 1 aliphatic carbocycles. The highest BCUT2D eigenvalue weighted by atomic mass is 16.1. The van der Waals surface area contributed by atoms with Crippen molar-refractivity contribution in [2.75, 3.05) is 6.54 Å². The summed E-state index contributed by atoms with van der Waals surface area (Å²) >= 11 is 0. The number of carbonyl (C=O) groups excluding carboxylic acids is 1. The van der Waals surface area contributed by atoms with Gasteiger partial charge >= 0.3 is 0 Å². The fourth-order valence-corrected chi connectivity index (χ4v) is 2.99. The third-order valence-corrected chi connectivity index (χ3v) is 4.02. The molecule has 3 heteroatoms. The highest BCUT2D eigenvalue weighted by molar-refractivity contribution is 5.86. The van der Waals surface area contributed by atoms with E-state index in [0.29, 0.717) is 0 Å². The van der Waals surface area contributed by atoms with Crippen molar-refractivity contribution in [3.8, 4) is 0 Å². The number of aromatic nitrogens is 1. The van der Waals surface area contributed by atoms with Gasteiger partial charge in [-0.05, 0) is 37.3 Å². The Hall–Kier alpha value is -1.77. The number of H-pyrrole nitrogens is 1. The van der Waals surface area contributed by atoms with E-state index in [-0.39, 0.29) is 11.8 Å². The van der Waals surface area contributed by atoms with Crippen LogP contribution in [0.15, 0.2) is 24.3 Å². The predicted molar refractivity (Wildman–Crippen MR) is 77.1 cm³/mol. The normalized spacial score (nSPS) is 18.3. The van der Waals surface area contributed by atoms with Gasteiger partial charge in [0.15, 0.2) is 0 Å². The molecule has 0 saturated carbocycles. The maximum absolute atomic E-state index is 12.1. The second-order valence-electron chi connectivity index (χ2n) is 5.36. The molecule has 1 aromatic heterocycles. The number of carbonyl (C=O) groups is 1. The highest BCUT2D eigenvalue weighted by Gasteiger charge is 2.26. The molecule has 2 N–H and O–H groups in total. The molecule has 0 fully saturated rings. The number of hydrogen-bond acceptors (Lipinski definition) is 1. The van der Waals surface area contributed by atoms with E-state index in [0.717, 1.165) is 32.2 Å². The molecule has 1 amide bonds. The van der Waals surface area contributed by atoms with Gasteiger partial charge in [0.2, 0.25) is 5.91 Å². The maximum Gasteiger partial charge on any atom is 0.223 e. The Morgan fingerprint density at radius 1 is 1.42 bits per heavy atom. The standard InChI is InChI=1S/C16H20N2O/c1-2-9-17-16(19)11-7-8-15-13(10-11)12-5-3-4-6-14(12)18-15/h3-6,11,18H,2,7-10H2,1H3,(H,17,19). The molecule has 0 radical (unpaired) electrons. The van der Waals surface area contributed by atoms with Crippen LogP contribution >= 0.6 is 0 Å². The Kier molecular flexibility index (Phi) is 3.28. The number of fused-ring (bicyclic) bond motifs is 3. The molecule has 0 bridgehead atoms. The molecule has 1 unspecified atom stereocenters. The number of hydrogen-bond donors (Lipinski definition) is 2. The monoisotopic (exact) mass is 256 g/mol. The Bertz CT molecular complexity index is 600. The molecule has 3 nitrogen and oxygen atoms in total. The number of aromatic amines is 1. The van der Waals surface area contributed by atoms with Crippen LogP contribution in [0.5, 0.6) is 0 Å². The minimum Gasteiger partial charge on any atom is -0.358 e. The molecule has 3 rings (SSSR count). The third kappa shape index (κ3) is 2.25. The lowest BCUT2D eigenvalue weighted by Gasteiger charge is -2.21. The highest BCUT2D eigenvalue weighted by Crippen LogP contribution is 2.31. The summed E-state index contributed by atoms with van der Waals surface area (Å²) in [5.74, 6) is 0.357. The quantitative estimate of drug-likeness (QED) is 0.871. The van der Waals surface area contributed by atoms with Crippen LogP contribution in [0.1, 0.15) is 31.0 Å². The van der Waals surface area contributed by atoms with Gasteiger partial charge in [-0.25, -0.2) is 0 Å². The Balaban J connectivity index is 1.84. The zero-order valence-electron chi connectivity index (χ0n) is 11.3. The van der Waals surface area contributed by atoms with Gasteiger partial charge < -0.3 is 10.3 Å². The van der Waals surface area contributed by atoms with Crippen LogP contribution in [-0.2, 0) is 17.6 Å². The van der Waals surface area contributed by atoms with Crippen LogP contribution in [0, 0.1) is 5.92 Å². The summed E-state index contributed by atoms with van der Waals surface area (Å²) in [4.78, 5) is 15.6. The number of benzene rings is 1. The van der Waals surface area contributed by atoms with E-state index in [1.165, 1.54) is 22.2 Å². The molecule has 0 aliphatic heterocycles. The lowest BCUT2D eigenvalue weighted by atomic mass is 9.86. The topological polar surface area (TPSA) is 44.9 Å². The van der Waals surface area contributed by atoms with E-state index in [2.05, 4.69) is 41.5 Å². The molecule has 1 aliphatic rings. The average molecular weight is 256 g/mol. The van der Waals surface area contributed by atoms with Crippen LogP contribution in [0.4, 0.5) is 0 Å². The number of para-hydroxylation sites is 1. The average Bonchev–Trinajstić information content (AvgIpc) is 2.82. The maximum atomic E-state index is 12.1. The first-order chi connectivity index (χ1) is 9.29. The lowest BCUT2D eigenvalue weighted by Crippen LogP contribution is -2.34. The molecular weight excluding hydrogens is 236 g/mol. The second kappa shape index (κ2) is 5.08. The summed E-state index contributed by atoms with van der Waals surface area (Å²) in [6, 6.07) is 8.38. The van der Waals surface area contributed by atoms with Gasteiger partial charge in [-0.3, -0.25) is 4.79 Å². The largest absolute Gasteiger partial charge is 0.358 e. The van der Waals surface area contributed by atoms with Crippen molar-refractivity contribution >= 4 is 16.8 Å².